The second-order valence-corrected chi connectivity index (χ2v) is 12.4. The number of nitrogens with one attached hydrogen (secondary N) is 1. The van der Waals surface area contributed by atoms with E-state index in [1.807, 2.05) is 14.1 Å². The average molecular weight is 506 g/mol. The number of hydrogen-bond acceptors (Lipinski definition) is 3. The van der Waals surface area contributed by atoms with Crippen LogP contribution < -0.4 is 5.32 Å². The molecule has 0 spiro atoms. The third-order valence-electron chi connectivity index (χ3n) is 6.69. The Morgan fingerprint density at radius 3 is 1.53 bits per heavy atom. The predicted molar refractivity (Wildman–Crippen MR) is 145 cm³/mol. The maximum Gasteiger partial charge on any atom is 0.265 e. The highest BCUT2D eigenvalue weighted by Crippen LogP contribution is 2.13. The van der Waals surface area contributed by atoms with Crippen LogP contribution in [0.5, 0.6) is 0 Å². The third kappa shape index (κ3) is 26.0. The molecule has 0 unspecified atom stereocenters. The zero-order valence-corrected chi connectivity index (χ0v) is 23.6. The van der Waals surface area contributed by atoms with Gasteiger partial charge in [-0.1, -0.05) is 103 Å². The molecule has 0 aliphatic heterocycles. The van der Waals surface area contributed by atoms with Crippen molar-refractivity contribution in [2.45, 2.75) is 129 Å². The van der Waals surface area contributed by atoms with Gasteiger partial charge in [-0.05, 0) is 6.42 Å². The highest BCUT2D eigenvalue weighted by Gasteiger charge is 2.17. The van der Waals surface area contributed by atoms with Crippen LogP contribution >= 0.6 is 0 Å². The Bertz CT molecular complexity index is 579. The fourth-order valence-corrected chi connectivity index (χ4v) is 4.94. The highest BCUT2D eigenvalue weighted by atomic mass is 32.2. The van der Waals surface area contributed by atoms with Gasteiger partial charge in [0.05, 0.1) is 32.9 Å². The number of carbonyl (C=O) groups excluding carboxylic acids is 1. The Kier molecular flexibility index (Phi) is 21.2. The van der Waals surface area contributed by atoms with Gasteiger partial charge in [-0.15, -0.1) is 0 Å². The summed E-state index contributed by atoms with van der Waals surface area (Å²) >= 11 is 0. The molecule has 0 aromatic heterocycles. The maximum atomic E-state index is 12.0. The van der Waals surface area contributed by atoms with Crippen LogP contribution in [0.25, 0.3) is 0 Å². The quantitative estimate of drug-likeness (QED) is 0.0843. The van der Waals surface area contributed by atoms with Crippen molar-refractivity contribution in [2.75, 3.05) is 39.5 Å². The maximum absolute atomic E-state index is 12.0. The first kappa shape index (κ1) is 33.3. The normalized spacial score (nSPS) is 12.2. The van der Waals surface area contributed by atoms with Crippen LogP contribution in [0.3, 0.4) is 0 Å². The standard InChI is InChI=1S/C27H56N2O4S/c1-4-5-6-7-8-9-10-11-12-13-14-15-16-17-18-19-23-28-27(30)22-20-24-29(2,3)25-21-26-34(31,32)33/h4-26H2,1-3H3,(H-,28,30,31,32,33)/p+1. The molecule has 0 rings (SSSR count). The van der Waals surface area contributed by atoms with Gasteiger partial charge in [0.2, 0.25) is 5.91 Å². The Hall–Kier alpha value is -0.660. The minimum Gasteiger partial charge on any atom is -0.356 e. The highest BCUT2D eigenvalue weighted by molar-refractivity contribution is 7.85. The van der Waals surface area contributed by atoms with Crippen molar-refractivity contribution in [3.63, 3.8) is 0 Å². The van der Waals surface area contributed by atoms with E-state index in [-0.39, 0.29) is 11.7 Å². The molecule has 1 amide bonds. The third-order valence-corrected chi connectivity index (χ3v) is 7.49. The SMILES string of the molecule is CCCCCCCCCCCCCCCCCCNC(=O)CCC[N+](C)(C)CCCS(=O)(=O)O. The number of carbonyl (C=O) groups is 1. The first-order valence-electron chi connectivity index (χ1n) is 14.2. The number of rotatable bonds is 25. The van der Waals surface area contributed by atoms with Crippen LogP contribution in [0.4, 0.5) is 0 Å². The van der Waals surface area contributed by atoms with Crippen molar-refractivity contribution in [1.82, 2.24) is 5.32 Å². The van der Waals surface area contributed by atoms with Gasteiger partial charge in [-0.3, -0.25) is 9.35 Å². The molecule has 6 nitrogen and oxygen atoms in total. The van der Waals surface area contributed by atoms with Crippen LogP contribution in [0.1, 0.15) is 129 Å². The van der Waals surface area contributed by atoms with Gasteiger partial charge in [-0.25, -0.2) is 0 Å². The van der Waals surface area contributed by atoms with Crippen molar-refractivity contribution >= 4 is 16.0 Å². The lowest BCUT2D eigenvalue weighted by Crippen LogP contribution is -2.42. The monoisotopic (exact) mass is 505 g/mol. The van der Waals surface area contributed by atoms with Crippen molar-refractivity contribution in [3.8, 4) is 0 Å². The summed E-state index contributed by atoms with van der Waals surface area (Å²) in [6.45, 7) is 4.53. The Balaban J connectivity index is 3.39. The molecule has 0 saturated heterocycles. The lowest BCUT2D eigenvalue weighted by atomic mass is 10.0. The molecule has 34 heavy (non-hydrogen) atoms. The minimum atomic E-state index is -3.89. The van der Waals surface area contributed by atoms with Crippen LogP contribution in [0.15, 0.2) is 0 Å². The van der Waals surface area contributed by atoms with Crippen LogP contribution in [0.2, 0.25) is 0 Å². The molecule has 0 aliphatic carbocycles. The molecule has 2 N–H and O–H groups in total. The second kappa shape index (κ2) is 21.6. The Labute approximate surface area is 212 Å². The zero-order valence-electron chi connectivity index (χ0n) is 22.8. The van der Waals surface area contributed by atoms with Crippen LogP contribution in [-0.2, 0) is 14.9 Å². The summed E-state index contributed by atoms with van der Waals surface area (Å²) in [7, 11) is 0.167. The first-order chi connectivity index (χ1) is 16.2. The summed E-state index contributed by atoms with van der Waals surface area (Å²) in [5.74, 6) is -0.0898. The summed E-state index contributed by atoms with van der Waals surface area (Å²) in [6, 6.07) is 0. The van der Waals surface area contributed by atoms with Crippen LogP contribution in [-0.4, -0.2) is 62.8 Å². The topological polar surface area (TPSA) is 83.5 Å². The summed E-state index contributed by atoms with van der Waals surface area (Å²) in [5, 5.41) is 3.02. The average Bonchev–Trinajstić information content (AvgIpc) is 2.74. The molecule has 0 aromatic carbocycles. The first-order valence-corrected chi connectivity index (χ1v) is 15.8. The van der Waals surface area contributed by atoms with Gasteiger partial charge in [0.1, 0.15) is 0 Å². The molecular formula is C27H57N2O4S+. The lowest BCUT2D eigenvalue weighted by molar-refractivity contribution is -0.890. The van der Waals surface area contributed by atoms with E-state index in [2.05, 4.69) is 12.2 Å². The molecule has 0 bridgehead atoms. The molecule has 0 aliphatic rings. The summed E-state index contributed by atoms with van der Waals surface area (Å²) in [6.07, 6.45) is 23.4. The van der Waals surface area contributed by atoms with Crippen molar-refractivity contribution in [3.05, 3.63) is 0 Å². The smallest absolute Gasteiger partial charge is 0.265 e. The molecule has 0 saturated carbocycles. The summed E-state index contributed by atoms with van der Waals surface area (Å²) in [4.78, 5) is 12.0. The van der Waals surface area contributed by atoms with Gasteiger partial charge >= 0.3 is 0 Å². The van der Waals surface area contributed by atoms with Gasteiger partial charge in [0.15, 0.2) is 0 Å². The van der Waals surface area contributed by atoms with E-state index < -0.39 is 10.1 Å². The molecule has 0 aromatic rings. The van der Waals surface area contributed by atoms with E-state index in [1.165, 1.54) is 96.3 Å². The minimum absolute atomic E-state index is 0.110. The summed E-state index contributed by atoms with van der Waals surface area (Å²) < 4.78 is 31.1. The van der Waals surface area contributed by atoms with Crippen molar-refractivity contribution < 1.29 is 22.2 Å². The molecular weight excluding hydrogens is 448 g/mol. The fourth-order valence-electron chi connectivity index (χ4n) is 4.44. The number of hydrogen-bond donors (Lipinski definition) is 2. The molecule has 204 valence electrons. The van der Waals surface area contributed by atoms with E-state index in [1.54, 1.807) is 0 Å². The van der Waals surface area contributed by atoms with Gasteiger partial charge < -0.3 is 9.80 Å². The van der Waals surface area contributed by atoms with Crippen LogP contribution in [0, 0.1) is 0 Å². The molecule has 0 heterocycles. The largest absolute Gasteiger partial charge is 0.356 e. The van der Waals surface area contributed by atoms with E-state index in [4.69, 9.17) is 4.55 Å². The fraction of sp³-hybridized carbons (Fsp3) is 0.963. The molecule has 0 atom stereocenters. The molecule has 7 heteroatoms. The number of unbranched alkanes of at least 4 members (excludes halogenated alkanes) is 15. The summed E-state index contributed by atoms with van der Waals surface area (Å²) in [5.41, 5.74) is 0. The van der Waals surface area contributed by atoms with Gasteiger partial charge in [-0.2, -0.15) is 8.42 Å². The van der Waals surface area contributed by atoms with Gasteiger partial charge in [0.25, 0.3) is 10.1 Å². The second-order valence-electron chi connectivity index (χ2n) is 10.8. The molecule has 0 fully saturated rings. The van der Waals surface area contributed by atoms with Gasteiger partial charge in [0, 0.05) is 25.8 Å². The Morgan fingerprint density at radius 1 is 0.676 bits per heavy atom. The number of amides is 1. The van der Waals surface area contributed by atoms with E-state index in [9.17, 15) is 13.2 Å². The number of quaternary nitrogens is 1. The van der Waals surface area contributed by atoms with E-state index in [0.29, 0.717) is 23.9 Å². The van der Waals surface area contributed by atoms with Crippen molar-refractivity contribution in [1.29, 1.82) is 0 Å². The van der Waals surface area contributed by atoms with E-state index in [0.717, 1.165) is 25.9 Å². The lowest BCUT2D eigenvalue weighted by Gasteiger charge is -2.29. The Morgan fingerprint density at radius 2 is 1.09 bits per heavy atom. The van der Waals surface area contributed by atoms with E-state index >= 15 is 0 Å². The van der Waals surface area contributed by atoms with Crippen molar-refractivity contribution in [2.24, 2.45) is 0 Å². The zero-order chi connectivity index (χ0) is 25.5. The predicted octanol–water partition coefficient (Wildman–Crippen LogP) is 6.50. The molecule has 0 radical (unpaired) electrons. The number of nitrogens with zero attached hydrogens (tertiary/aromatic N) is 1.